The van der Waals surface area contributed by atoms with Gasteiger partial charge in [0.05, 0.1) is 18.3 Å². The molecule has 0 bridgehead atoms. The van der Waals surface area contributed by atoms with Gasteiger partial charge < -0.3 is 14.9 Å². The molecule has 2 unspecified atom stereocenters. The monoisotopic (exact) mass is 230 g/mol. The minimum Gasteiger partial charge on any atom is -0.481 e. The first kappa shape index (κ1) is 14.2. The second-order valence-corrected chi connectivity index (χ2v) is 3.25. The molecule has 90 valence electrons. The number of carbonyl (C=O) groups is 3. The Balaban J connectivity index is 4.45. The van der Waals surface area contributed by atoms with Crippen molar-refractivity contribution in [1.82, 2.24) is 0 Å². The van der Waals surface area contributed by atoms with Crippen molar-refractivity contribution in [2.24, 2.45) is 11.8 Å². The van der Waals surface area contributed by atoms with Crippen LogP contribution in [0.2, 0.25) is 0 Å². The van der Waals surface area contributed by atoms with Crippen molar-refractivity contribution in [3.8, 4) is 0 Å². The molecule has 0 rings (SSSR count). The quantitative estimate of drug-likeness (QED) is 0.488. The fourth-order valence-corrected chi connectivity index (χ4v) is 1.04. The van der Waals surface area contributed by atoms with Crippen LogP contribution in [0.15, 0.2) is 12.7 Å². The molecule has 0 amide bonds. The molecule has 0 heterocycles. The highest BCUT2D eigenvalue weighted by Crippen LogP contribution is 2.17. The standard InChI is InChI=1S/C10H14O6/c1-3-4-16-8(11)5-7(10(14)15)6(2)9(12)13/h3,6-7H,1,4-5H2,2H3,(H,12,13)(H,14,15). The lowest BCUT2D eigenvalue weighted by molar-refractivity contribution is -0.157. The van der Waals surface area contributed by atoms with Crippen molar-refractivity contribution in [2.75, 3.05) is 6.61 Å². The molecule has 2 N–H and O–H groups in total. The van der Waals surface area contributed by atoms with E-state index in [-0.39, 0.29) is 6.61 Å². The number of ether oxygens (including phenoxy) is 1. The van der Waals surface area contributed by atoms with Gasteiger partial charge in [-0.15, -0.1) is 0 Å². The van der Waals surface area contributed by atoms with Crippen LogP contribution in [0.5, 0.6) is 0 Å². The van der Waals surface area contributed by atoms with E-state index in [2.05, 4.69) is 11.3 Å². The summed E-state index contributed by atoms with van der Waals surface area (Å²) in [7, 11) is 0. The molecule has 0 aromatic heterocycles. The van der Waals surface area contributed by atoms with E-state index >= 15 is 0 Å². The zero-order valence-corrected chi connectivity index (χ0v) is 8.88. The maximum Gasteiger partial charge on any atom is 0.307 e. The van der Waals surface area contributed by atoms with E-state index in [9.17, 15) is 14.4 Å². The number of hydrogen-bond donors (Lipinski definition) is 2. The second kappa shape index (κ2) is 6.60. The van der Waals surface area contributed by atoms with Gasteiger partial charge >= 0.3 is 17.9 Å². The van der Waals surface area contributed by atoms with Crippen LogP contribution >= 0.6 is 0 Å². The fourth-order valence-electron chi connectivity index (χ4n) is 1.04. The number of carboxylic acids is 2. The summed E-state index contributed by atoms with van der Waals surface area (Å²) >= 11 is 0. The third-order valence-corrected chi connectivity index (χ3v) is 2.06. The van der Waals surface area contributed by atoms with Gasteiger partial charge in [-0.25, -0.2) is 0 Å². The van der Waals surface area contributed by atoms with Crippen molar-refractivity contribution in [3.63, 3.8) is 0 Å². The minimum absolute atomic E-state index is 0.0212. The highest BCUT2D eigenvalue weighted by atomic mass is 16.5. The van der Waals surface area contributed by atoms with Crippen molar-refractivity contribution in [3.05, 3.63) is 12.7 Å². The fraction of sp³-hybridized carbons (Fsp3) is 0.500. The van der Waals surface area contributed by atoms with Gasteiger partial charge in [-0.3, -0.25) is 14.4 Å². The molecule has 0 aromatic rings. The summed E-state index contributed by atoms with van der Waals surface area (Å²) < 4.78 is 4.59. The van der Waals surface area contributed by atoms with Crippen LogP contribution in [-0.2, 0) is 19.1 Å². The molecule has 0 saturated heterocycles. The van der Waals surface area contributed by atoms with E-state index in [1.165, 1.54) is 13.0 Å². The SMILES string of the molecule is C=CCOC(=O)CC(C(=O)O)C(C)C(=O)O. The third-order valence-electron chi connectivity index (χ3n) is 2.06. The molecule has 6 nitrogen and oxygen atoms in total. The van der Waals surface area contributed by atoms with Gasteiger partial charge in [0, 0.05) is 0 Å². The molecule has 16 heavy (non-hydrogen) atoms. The van der Waals surface area contributed by atoms with E-state index in [0.717, 1.165) is 0 Å². The maximum absolute atomic E-state index is 11.1. The Labute approximate surface area is 92.5 Å². The Hall–Kier alpha value is -1.85. The molecular weight excluding hydrogens is 216 g/mol. The first-order chi connectivity index (χ1) is 7.40. The predicted molar refractivity (Wildman–Crippen MR) is 53.7 cm³/mol. The highest BCUT2D eigenvalue weighted by Gasteiger charge is 2.32. The molecule has 0 aliphatic carbocycles. The summed E-state index contributed by atoms with van der Waals surface area (Å²) in [5, 5.41) is 17.4. The van der Waals surface area contributed by atoms with Crippen LogP contribution in [0.1, 0.15) is 13.3 Å². The predicted octanol–water partition coefficient (Wildman–Crippen LogP) is 0.527. The zero-order chi connectivity index (χ0) is 12.7. The first-order valence-electron chi connectivity index (χ1n) is 4.62. The normalized spacial score (nSPS) is 13.6. The molecule has 0 radical (unpaired) electrons. The summed E-state index contributed by atoms with van der Waals surface area (Å²) in [5.74, 6) is -5.77. The molecule has 6 heteroatoms. The number of esters is 1. The van der Waals surface area contributed by atoms with Crippen LogP contribution in [0.4, 0.5) is 0 Å². The second-order valence-electron chi connectivity index (χ2n) is 3.25. The number of carbonyl (C=O) groups excluding carboxylic acids is 1. The zero-order valence-electron chi connectivity index (χ0n) is 8.88. The molecule has 2 atom stereocenters. The summed E-state index contributed by atoms with van der Waals surface area (Å²) in [6.45, 7) is 4.54. The third kappa shape index (κ3) is 4.59. The van der Waals surface area contributed by atoms with E-state index in [4.69, 9.17) is 10.2 Å². The van der Waals surface area contributed by atoms with E-state index in [1.807, 2.05) is 0 Å². The minimum atomic E-state index is -1.33. The van der Waals surface area contributed by atoms with Gasteiger partial charge in [0.1, 0.15) is 6.61 Å². The number of aliphatic carboxylic acids is 2. The van der Waals surface area contributed by atoms with Crippen molar-refractivity contribution < 1.29 is 29.3 Å². The highest BCUT2D eigenvalue weighted by molar-refractivity contribution is 5.84. The summed E-state index contributed by atoms with van der Waals surface area (Å²) in [6, 6.07) is 0. The van der Waals surface area contributed by atoms with Crippen LogP contribution in [0, 0.1) is 11.8 Å². The smallest absolute Gasteiger partial charge is 0.307 e. The molecule has 0 aliphatic rings. The Morgan fingerprint density at radius 3 is 2.25 bits per heavy atom. The van der Waals surface area contributed by atoms with Crippen LogP contribution in [0.3, 0.4) is 0 Å². The lowest BCUT2D eigenvalue weighted by Crippen LogP contribution is -2.30. The summed E-state index contributed by atoms with van der Waals surface area (Å²) in [6.07, 6.45) is 0.880. The van der Waals surface area contributed by atoms with Crippen LogP contribution in [0.25, 0.3) is 0 Å². The molecule has 0 saturated carbocycles. The van der Waals surface area contributed by atoms with Crippen molar-refractivity contribution in [2.45, 2.75) is 13.3 Å². The number of carboxylic acid groups (broad SMARTS) is 2. The van der Waals surface area contributed by atoms with Gasteiger partial charge in [0.15, 0.2) is 0 Å². The van der Waals surface area contributed by atoms with Crippen LogP contribution < -0.4 is 0 Å². The average molecular weight is 230 g/mol. The molecule has 0 spiro atoms. The van der Waals surface area contributed by atoms with E-state index in [0.29, 0.717) is 0 Å². The van der Waals surface area contributed by atoms with Crippen molar-refractivity contribution in [1.29, 1.82) is 0 Å². The molecular formula is C10H14O6. The van der Waals surface area contributed by atoms with E-state index in [1.54, 1.807) is 0 Å². The summed E-state index contributed by atoms with van der Waals surface area (Å²) in [4.78, 5) is 32.5. The van der Waals surface area contributed by atoms with Crippen LogP contribution in [-0.4, -0.2) is 34.7 Å². The van der Waals surface area contributed by atoms with E-state index < -0.39 is 36.2 Å². The Kier molecular flexibility index (Phi) is 5.84. The Morgan fingerprint density at radius 1 is 1.31 bits per heavy atom. The molecule has 0 aliphatic heterocycles. The largest absolute Gasteiger partial charge is 0.481 e. The van der Waals surface area contributed by atoms with Gasteiger partial charge in [-0.05, 0) is 0 Å². The average Bonchev–Trinajstić information content (AvgIpc) is 2.21. The topological polar surface area (TPSA) is 101 Å². The van der Waals surface area contributed by atoms with Crippen molar-refractivity contribution >= 4 is 17.9 Å². The Morgan fingerprint density at radius 2 is 1.88 bits per heavy atom. The van der Waals surface area contributed by atoms with Gasteiger partial charge in [-0.2, -0.15) is 0 Å². The number of rotatable bonds is 7. The first-order valence-corrected chi connectivity index (χ1v) is 4.62. The van der Waals surface area contributed by atoms with Gasteiger partial charge in [0.25, 0.3) is 0 Å². The maximum atomic E-state index is 11.1. The van der Waals surface area contributed by atoms with Gasteiger partial charge in [0.2, 0.25) is 0 Å². The summed E-state index contributed by atoms with van der Waals surface area (Å²) in [5.41, 5.74) is 0. The molecule has 0 fully saturated rings. The lowest BCUT2D eigenvalue weighted by atomic mass is 9.91. The Bertz CT molecular complexity index is 296. The molecule has 0 aromatic carbocycles. The number of hydrogen-bond acceptors (Lipinski definition) is 4. The van der Waals surface area contributed by atoms with Gasteiger partial charge in [-0.1, -0.05) is 19.6 Å². The lowest BCUT2D eigenvalue weighted by Gasteiger charge is -2.15.